The van der Waals surface area contributed by atoms with Gasteiger partial charge in [0.1, 0.15) is 0 Å². The smallest absolute Gasteiger partial charge is 0.251 e. The van der Waals surface area contributed by atoms with Crippen LogP contribution < -0.4 is 10.0 Å². The van der Waals surface area contributed by atoms with Gasteiger partial charge in [0.25, 0.3) is 5.91 Å². The molecule has 0 radical (unpaired) electrons. The van der Waals surface area contributed by atoms with E-state index in [0.29, 0.717) is 10.6 Å². The molecule has 0 saturated carbocycles. The van der Waals surface area contributed by atoms with E-state index in [2.05, 4.69) is 10.0 Å². The first-order chi connectivity index (χ1) is 11.3. The Morgan fingerprint density at radius 3 is 2.29 bits per heavy atom. The Bertz CT molecular complexity index is 833. The zero-order valence-electron chi connectivity index (χ0n) is 13.5. The van der Waals surface area contributed by atoms with E-state index in [9.17, 15) is 13.2 Å². The number of amides is 1. The van der Waals surface area contributed by atoms with Crippen molar-refractivity contribution in [3.05, 3.63) is 64.2 Å². The third kappa shape index (κ3) is 4.80. The fraction of sp³-hybridized carbons (Fsp3) is 0.235. The average Bonchev–Trinajstić information content (AvgIpc) is 2.54. The second-order valence-electron chi connectivity index (χ2n) is 5.41. The predicted molar refractivity (Wildman–Crippen MR) is 94.9 cm³/mol. The third-order valence-electron chi connectivity index (χ3n) is 3.60. The van der Waals surface area contributed by atoms with E-state index in [1.165, 1.54) is 0 Å². The molecule has 0 aromatic heterocycles. The second kappa shape index (κ2) is 7.79. The lowest BCUT2D eigenvalue weighted by atomic mass is 10.1. The molecule has 2 rings (SSSR count). The fourth-order valence-electron chi connectivity index (χ4n) is 2.03. The van der Waals surface area contributed by atoms with E-state index in [1.807, 2.05) is 13.8 Å². The van der Waals surface area contributed by atoms with Crippen molar-refractivity contribution in [3.63, 3.8) is 0 Å². The monoisotopic (exact) mass is 366 g/mol. The van der Waals surface area contributed by atoms with Crippen LogP contribution in [-0.4, -0.2) is 27.4 Å². The molecule has 0 heterocycles. The minimum absolute atomic E-state index is 0.106. The number of hydrogen-bond acceptors (Lipinski definition) is 3. The van der Waals surface area contributed by atoms with Crippen molar-refractivity contribution in [2.45, 2.75) is 18.7 Å². The molecule has 2 N–H and O–H groups in total. The first kappa shape index (κ1) is 18.4. The van der Waals surface area contributed by atoms with Crippen molar-refractivity contribution in [2.75, 3.05) is 13.1 Å². The summed E-state index contributed by atoms with van der Waals surface area (Å²) in [4.78, 5) is 12.1. The molecule has 0 aliphatic heterocycles. The lowest BCUT2D eigenvalue weighted by Gasteiger charge is -2.09. The SMILES string of the molecule is Cc1ccc(S(=O)(=O)NCCNC(=O)c2ccc(Cl)cc2)cc1C. The van der Waals surface area contributed by atoms with Gasteiger partial charge >= 0.3 is 0 Å². The van der Waals surface area contributed by atoms with Crippen LogP contribution in [0.5, 0.6) is 0 Å². The molecule has 0 atom stereocenters. The summed E-state index contributed by atoms with van der Waals surface area (Å²) in [7, 11) is -3.59. The van der Waals surface area contributed by atoms with Crippen LogP contribution in [0.25, 0.3) is 0 Å². The summed E-state index contributed by atoms with van der Waals surface area (Å²) in [6, 6.07) is 11.4. The molecule has 0 bridgehead atoms. The zero-order valence-corrected chi connectivity index (χ0v) is 15.0. The van der Waals surface area contributed by atoms with Crippen LogP contribution in [0.1, 0.15) is 21.5 Å². The summed E-state index contributed by atoms with van der Waals surface area (Å²) in [5, 5.41) is 3.20. The van der Waals surface area contributed by atoms with Crippen LogP contribution in [0.3, 0.4) is 0 Å². The van der Waals surface area contributed by atoms with Gasteiger partial charge in [-0.05, 0) is 61.4 Å². The molecule has 0 unspecified atom stereocenters. The predicted octanol–water partition coefficient (Wildman–Crippen LogP) is 2.67. The maximum Gasteiger partial charge on any atom is 0.251 e. The zero-order chi connectivity index (χ0) is 17.7. The van der Waals surface area contributed by atoms with Crippen molar-refractivity contribution in [1.82, 2.24) is 10.0 Å². The quantitative estimate of drug-likeness (QED) is 0.772. The molecule has 128 valence electrons. The highest BCUT2D eigenvalue weighted by Gasteiger charge is 2.14. The molecule has 7 heteroatoms. The van der Waals surface area contributed by atoms with Gasteiger partial charge < -0.3 is 5.32 Å². The van der Waals surface area contributed by atoms with Gasteiger partial charge in [-0.2, -0.15) is 0 Å². The molecule has 0 spiro atoms. The van der Waals surface area contributed by atoms with Crippen LogP contribution >= 0.6 is 11.6 Å². The molecule has 2 aromatic rings. The first-order valence-electron chi connectivity index (χ1n) is 7.40. The number of halogens is 1. The van der Waals surface area contributed by atoms with Gasteiger partial charge in [0.15, 0.2) is 0 Å². The number of carbonyl (C=O) groups excluding carboxylic acids is 1. The molecule has 0 saturated heterocycles. The Labute approximate surface area is 147 Å². The average molecular weight is 367 g/mol. The Morgan fingerprint density at radius 1 is 1.00 bits per heavy atom. The Morgan fingerprint density at radius 2 is 1.67 bits per heavy atom. The minimum Gasteiger partial charge on any atom is -0.351 e. The molecule has 0 aliphatic rings. The topological polar surface area (TPSA) is 75.3 Å². The number of hydrogen-bond donors (Lipinski definition) is 2. The van der Waals surface area contributed by atoms with Crippen LogP contribution in [0.15, 0.2) is 47.4 Å². The summed E-state index contributed by atoms with van der Waals surface area (Å²) >= 11 is 5.76. The summed E-state index contributed by atoms with van der Waals surface area (Å²) in [6.45, 7) is 4.08. The highest BCUT2D eigenvalue weighted by molar-refractivity contribution is 7.89. The third-order valence-corrected chi connectivity index (χ3v) is 5.31. The molecular weight excluding hydrogens is 348 g/mol. The standard InChI is InChI=1S/C17H19ClN2O3S/c1-12-3-8-16(11-13(12)2)24(22,23)20-10-9-19-17(21)14-4-6-15(18)7-5-14/h3-8,11,20H,9-10H2,1-2H3,(H,19,21). The highest BCUT2D eigenvalue weighted by Crippen LogP contribution is 2.14. The Kier molecular flexibility index (Phi) is 5.99. The molecule has 2 aromatic carbocycles. The number of rotatable bonds is 6. The lowest BCUT2D eigenvalue weighted by molar-refractivity contribution is 0.0954. The largest absolute Gasteiger partial charge is 0.351 e. The number of nitrogens with one attached hydrogen (secondary N) is 2. The van der Waals surface area contributed by atoms with Crippen molar-refractivity contribution >= 4 is 27.5 Å². The van der Waals surface area contributed by atoms with E-state index in [-0.39, 0.29) is 23.9 Å². The van der Waals surface area contributed by atoms with Crippen LogP contribution in [0.4, 0.5) is 0 Å². The van der Waals surface area contributed by atoms with E-state index >= 15 is 0 Å². The van der Waals surface area contributed by atoms with Gasteiger partial charge in [0.05, 0.1) is 4.90 Å². The fourth-order valence-corrected chi connectivity index (χ4v) is 3.27. The lowest BCUT2D eigenvalue weighted by Crippen LogP contribution is -2.34. The second-order valence-corrected chi connectivity index (χ2v) is 7.61. The van der Waals surface area contributed by atoms with E-state index in [1.54, 1.807) is 42.5 Å². The van der Waals surface area contributed by atoms with Gasteiger partial charge in [-0.25, -0.2) is 13.1 Å². The molecule has 0 fully saturated rings. The van der Waals surface area contributed by atoms with Crippen LogP contribution in [-0.2, 0) is 10.0 Å². The number of sulfonamides is 1. The Balaban J connectivity index is 1.87. The van der Waals surface area contributed by atoms with Crippen LogP contribution in [0, 0.1) is 13.8 Å². The van der Waals surface area contributed by atoms with Crippen molar-refractivity contribution in [3.8, 4) is 0 Å². The van der Waals surface area contributed by atoms with Crippen molar-refractivity contribution in [1.29, 1.82) is 0 Å². The maximum absolute atomic E-state index is 12.2. The number of aryl methyl sites for hydroxylation is 2. The Hall–Kier alpha value is -1.89. The number of benzene rings is 2. The highest BCUT2D eigenvalue weighted by atomic mass is 35.5. The first-order valence-corrected chi connectivity index (χ1v) is 9.26. The number of carbonyl (C=O) groups is 1. The van der Waals surface area contributed by atoms with Gasteiger partial charge in [0.2, 0.25) is 10.0 Å². The van der Waals surface area contributed by atoms with Crippen molar-refractivity contribution < 1.29 is 13.2 Å². The van der Waals surface area contributed by atoms with Gasteiger partial charge in [-0.3, -0.25) is 4.79 Å². The molecule has 0 aliphatic carbocycles. The van der Waals surface area contributed by atoms with E-state index < -0.39 is 10.0 Å². The summed E-state index contributed by atoms with van der Waals surface area (Å²) < 4.78 is 26.9. The van der Waals surface area contributed by atoms with E-state index in [4.69, 9.17) is 11.6 Å². The summed E-state index contributed by atoms with van der Waals surface area (Å²) in [6.07, 6.45) is 0. The van der Waals surface area contributed by atoms with E-state index in [0.717, 1.165) is 11.1 Å². The minimum atomic E-state index is -3.59. The van der Waals surface area contributed by atoms with Crippen LogP contribution in [0.2, 0.25) is 5.02 Å². The summed E-state index contributed by atoms with van der Waals surface area (Å²) in [5.41, 5.74) is 2.41. The normalized spacial score (nSPS) is 11.3. The molecule has 5 nitrogen and oxygen atoms in total. The molecular formula is C17H19ClN2O3S. The molecule has 1 amide bonds. The van der Waals surface area contributed by atoms with Crippen molar-refractivity contribution in [2.24, 2.45) is 0 Å². The maximum atomic E-state index is 12.2. The molecule has 24 heavy (non-hydrogen) atoms. The van der Waals surface area contributed by atoms with Gasteiger partial charge in [-0.1, -0.05) is 17.7 Å². The van der Waals surface area contributed by atoms with Gasteiger partial charge in [0, 0.05) is 23.7 Å². The summed E-state index contributed by atoms with van der Waals surface area (Å²) in [5.74, 6) is -0.281. The van der Waals surface area contributed by atoms with Gasteiger partial charge in [-0.15, -0.1) is 0 Å².